The molecule has 2 aliphatic rings. The van der Waals surface area contributed by atoms with E-state index in [9.17, 15) is 14.4 Å². The number of aliphatic carboxylic acids is 1. The zero-order chi connectivity index (χ0) is 17.8. The molecule has 0 bridgehead atoms. The van der Waals surface area contributed by atoms with Crippen LogP contribution in [0.3, 0.4) is 0 Å². The number of nitrogens with one attached hydrogen (secondary N) is 1. The zero-order valence-electron chi connectivity index (χ0n) is 14.1. The summed E-state index contributed by atoms with van der Waals surface area (Å²) < 4.78 is 0. The number of carbonyl (C=O) groups excluding carboxylic acids is 2. The number of likely N-dealkylation sites (tertiary alicyclic amines) is 2. The Balaban J connectivity index is 1.46. The summed E-state index contributed by atoms with van der Waals surface area (Å²) in [6.07, 6.45) is 1.47. The molecule has 3 rings (SSSR count). The van der Waals surface area contributed by atoms with Crippen molar-refractivity contribution in [2.75, 3.05) is 19.6 Å². The number of carboxylic acids is 1. The number of rotatable bonds is 4. The molecular formula is C18H23N3O4. The van der Waals surface area contributed by atoms with E-state index in [0.717, 1.165) is 5.56 Å². The van der Waals surface area contributed by atoms with Gasteiger partial charge < -0.3 is 20.2 Å². The normalized spacial score (nSPS) is 21.4. The van der Waals surface area contributed by atoms with Gasteiger partial charge in [0.25, 0.3) is 0 Å². The van der Waals surface area contributed by atoms with Crippen molar-refractivity contribution in [1.82, 2.24) is 15.1 Å². The molecule has 2 N–H and O–H groups in total. The Labute approximate surface area is 146 Å². The van der Waals surface area contributed by atoms with Gasteiger partial charge in [0.05, 0.1) is 5.92 Å². The molecule has 1 unspecified atom stereocenters. The van der Waals surface area contributed by atoms with Crippen LogP contribution in [0.4, 0.5) is 4.79 Å². The monoisotopic (exact) mass is 345 g/mol. The summed E-state index contributed by atoms with van der Waals surface area (Å²) in [6, 6.07) is 9.67. The first-order valence-electron chi connectivity index (χ1n) is 8.63. The summed E-state index contributed by atoms with van der Waals surface area (Å²) in [6.45, 7) is 1.93. The van der Waals surface area contributed by atoms with E-state index in [2.05, 4.69) is 5.32 Å². The average Bonchev–Trinajstić information content (AvgIpc) is 3.03. The van der Waals surface area contributed by atoms with Crippen LogP contribution in [0.25, 0.3) is 0 Å². The summed E-state index contributed by atoms with van der Waals surface area (Å²) in [5, 5.41) is 12.0. The Hall–Kier alpha value is -2.57. The van der Waals surface area contributed by atoms with Crippen molar-refractivity contribution in [2.45, 2.75) is 31.8 Å². The summed E-state index contributed by atoms with van der Waals surface area (Å²) in [7, 11) is 0. The minimum Gasteiger partial charge on any atom is -0.481 e. The molecule has 1 aromatic rings. The van der Waals surface area contributed by atoms with Crippen LogP contribution in [0.1, 0.15) is 24.8 Å². The Kier molecular flexibility index (Phi) is 5.21. The molecule has 0 spiro atoms. The van der Waals surface area contributed by atoms with Gasteiger partial charge in [-0.25, -0.2) is 4.79 Å². The average molecular weight is 345 g/mol. The largest absolute Gasteiger partial charge is 0.481 e. The van der Waals surface area contributed by atoms with Gasteiger partial charge in [-0.2, -0.15) is 0 Å². The fraction of sp³-hybridized carbons (Fsp3) is 0.500. The summed E-state index contributed by atoms with van der Waals surface area (Å²) >= 11 is 0. The Bertz CT molecular complexity index is 641. The van der Waals surface area contributed by atoms with Crippen molar-refractivity contribution in [2.24, 2.45) is 5.92 Å². The molecule has 0 aromatic heterocycles. The maximum absolute atomic E-state index is 12.3. The van der Waals surface area contributed by atoms with Gasteiger partial charge >= 0.3 is 12.0 Å². The summed E-state index contributed by atoms with van der Waals surface area (Å²) in [4.78, 5) is 38.8. The molecule has 2 saturated heterocycles. The molecule has 0 radical (unpaired) electrons. The van der Waals surface area contributed by atoms with E-state index in [0.29, 0.717) is 39.0 Å². The second-order valence-corrected chi connectivity index (χ2v) is 6.65. The van der Waals surface area contributed by atoms with E-state index in [4.69, 9.17) is 5.11 Å². The lowest BCUT2D eigenvalue weighted by Gasteiger charge is -2.36. The second-order valence-electron chi connectivity index (χ2n) is 6.65. The molecule has 2 heterocycles. The van der Waals surface area contributed by atoms with Crippen molar-refractivity contribution in [3.8, 4) is 0 Å². The second kappa shape index (κ2) is 7.55. The lowest BCUT2D eigenvalue weighted by Crippen LogP contribution is -2.49. The van der Waals surface area contributed by atoms with E-state index in [-0.39, 0.29) is 24.4 Å². The number of nitrogens with zero attached hydrogens (tertiary/aromatic N) is 2. The number of carboxylic acid groups (broad SMARTS) is 1. The van der Waals surface area contributed by atoms with E-state index < -0.39 is 11.9 Å². The highest BCUT2D eigenvalue weighted by Crippen LogP contribution is 2.25. The van der Waals surface area contributed by atoms with Crippen LogP contribution in [0, 0.1) is 5.92 Å². The standard InChI is InChI=1S/C18H23N3O4/c22-16-10-14(17(23)24)12-21(16)15-6-8-20(9-7-15)18(25)19-11-13-4-2-1-3-5-13/h1-5,14-15H,6-12H2,(H,19,25)(H,23,24). The molecule has 3 amide bonds. The van der Waals surface area contributed by atoms with Gasteiger partial charge in [-0.05, 0) is 18.4 Å². The van der Waals surface area contributed by atoms with E-state index in [1.165, 1.54) is 0 Å². The van der Waals surface area contributed by atoms with Crippen molar-refractivity contribution in [1.29, 1.82) is 0 Å². The molecule has 134 valence electrons. The first kappa shape index (κ1) is 17.3. The fourth-order valence-corrected chi connectivity index (χ4v) is 3.52. The maximum Gasteiger partial charge on any atom is 0.317 e. The molecule has 2 aliphatic heterocycles. The molecular weight excluding hydrogens is 322 g/mol. The fourth-order valence-electron chi connectivity index (χ4n) is 3.52. The molecule has 1 atom stereocenters. The highest BCUT2D eigenvalue weighted by atomic mass is 16.4. The van der Waals surface area contributed by atoms with Gasteiger partial charge in [0.15, 0.2) is 0 Å². The predicted molar refractivity (Wildman–Crippen MR) is 90.7 cm³/mol. The molecule has 25 heavy (non-hydrogen) atoms. The molecule has 0 saturated carbocycles. The lowest BCUT2D eigenvalue weighted by molar-refractivity contribution is -0.141. The highest BCUT2D eigenvalue weighted by molar-refractivity contribution is 5.86. The number of piperidine rings is 1. The van der Waals surface area contributed by atoms with E-state index in [1.54, 1.807) is 9.80 Å². The van der Waals surface area contributed by atoms with Gasteiger partial charge in [0, 0.05) is 38.6 Å². The van der Waals surface area contributed by atoms with Crippen LogP contribution < -0.4 is 5.32 Å². The van der Waals surface area contributed by atoms with E-state index >= 15 is 0 Å². The Morgan fingerprint density at radius 2 is 1.84 bits per heavy atom. The third-order valence-corrected chi connectivity index (χ3v) is 4.99. The quantitative estimate of drug-likeness (QED) is 0.860. The molecule has 0 aliphatic carbocycles. The topological polar surface area (TPSA) is 90.0 Å². The molecule has 7 nitrogen and oxygen atoms in total. The zero-order valence-corrected chi connectivity index (χ0v) is 14.1. The van der Waals surface area contributed by atoms with Crippen molar-refractivity contribution in [3.63, 3.8) is 0 Å². The van der Waals surface area contributed by atoms with Crippen molar-refractivity contribution in [3.05, 3.63) is 35.9 Å². The predicted octanol–water partition coefficient (Wildman–Crippen LogP) is 1.29. The minimum atomic E-state index is -0.909. The third-order valence-electron chi connectivity index (χ3n) is 4.99. The SMILES string of the molecule is O=C(O)C1CC(=O)N(C2CCN(C(=O)NCc3ccccc3)CC2)C1. The third kappa shape index (κ3) is 4.10. The lowest BCUT2D eigenvalue weighted by atomic mass is 10.0. The number of urea groups is 1. The molecule has 1 aromatic carbocycles. The van der Waals surface area contributed by atoms with Crippen molar-refractivity contribution >= 4 is 17.9 Å². The van der Waals surface area contributed by atoms with Crippen LogP contribution in [-0.2, 0) is 16.1 Å². The van der Waals surface area contributed by atoms with Gasteiger partial charge in [0.1, 0.15) is 0 Å². The number of hydrogen-bond acceptors (Lipinski definition) is 3. The van der Waals surface area contributed by atoms with Crippen LogP contribution in [-0.4, -0.2) is 58.5 Å². The van der Waals surface area contributed by atoms with Gasteiger partial charge in [-0.15, -0.1) is 0 Å². The highest BCUT2D eigenvalue weighted by Gasteiger charge is 2.39. The van der Waals surface area contributed by atoms with E-state index in [1.807, 2.05) is 30.3 Å². The van der Waals surface area contributed by atoms with Crippen LogP contribution in [0.15, 0.2) is 30.3 Å². The van der Waals surface area contributed by atoms with Gasteiger partial charge in [-0.3, -0.25) is 9.59 Å². The van der Waals surface area contributed by atoms with Gasteiger partial charge in [-0.1, -0.05) is 30.3 Å². The van der Waals surface area contributed by atoms with Crippen LogP contribution in [0.5, 0.6) is 0 Å². The van der Waals surface area contributed by atoms with Crippen LogP contribution in [0.2, 0.25) is 0 Å². The van der Waals surface area contributed by atoms with Gasteiger partial charge in [0.2, 0.25) is 5.91 Å². The number of benzene rings is 1. The first-order chi connectivity index (χ1) is 12.0. The summed E-state index contributed by atoms with van der Waals surface area (Å²) in [5.41, 5.74) is 1.05. The Morgan fingerprint density at radius 3 is 2.44 bits per heavy atom. The molecule has 7 heteroatoms. The number of hydrogen-bond donors (Lipinski definition) is 2. The number of amides is 3. The van der Waals surface area contributed by atoms with Crippen LogP contribution >= 0.6 is 0 Å². The maximum atomic E-state index is 12.3. The summed E-state index contributed by atoms with van der Waals surface area (Å²) in [5.74, 6) is -1.59. The van der Waals surface area contributed by atoms with Crippen molar-refractivity contribution < 1.29 is 19.5 Å². The first-order valence-corrected chi connectivity index (χ1v) is 8.63. The minimum absolute atomic E-state index is 0.0371. The Morgan fingerprint density at radius 1 is 1.16 bits per heavy atom. The molecule has 2 fully saturated rings. The number of carbonyl (C=O) groups is 3. The smallest absolute Gasteiger partial charge is 0.317 e.